The van der Waals surface area contributed by atoms with E-state index in [1.165, 1.54) is 10.4 Å². The van der Waals surface area contributed by atoms with Crippen LogP contribution in [0, 0.1) is 6.92 Å². The first kappa shape index (κ1) is 12.1. The fraction of sp³-hybridized carbons (Fsp3) is 0.250. The highest BCUT2D eigenvalue weighted by atomic mass is 79.9. The van der Waals surface area contributed by atoms with E-state index in [9.17, 15) is 0 Å². The molecule has 2 rings (SSSR count). The van der Waals surface area contributed by atoms with Crippen molar-refractivity contribution in [2.75, 3.05) is 0 Å². The molecule has 0 amide bonds. The fourth-order valence-corrected chi connectivity index (χ4v) is 3.29. The molecule has 0 fully saturated rings. The summed E-state index contributed by atoms with van der Waals surface area (Å²) in [5, 5.41) is 0.756. The molecule has 0 N–H and O–H groups in total. The van der Waals surface area contributed by atoms with Gasteiger partial charge < -0.3 is 0 Å². The summed E-state index contributed by atoms with van der Waals surface area (Å²) in [5.41, 5.74) is 3.39. The van der Waals surface area contributed by atoms with Gasteiger partial charge in [0, 0.05) is 15.5 Å². The van der Waals surface area contributed by atoms with Gasteiger partial charge in [0.15, 0.2) is 3.92 Å². The van der Waals surface area contributed by atoms with Crippen LogP contribution >= 0.6 is 38.9 Å². The van der Waals surface area contributed by atoms with Gasteiger partial charge in [0.2, 0.25) is 0 Å². The molecule has 0 aliphatic carbocycles. The number of halogens is 2. The van der Waals surface area contributed by atoms with Gasteiger partial charge in [-0.1, -0.05) is 24.6 Å². The van der Waals surface area contributed by atoms with E-state index in [2.05, 4.69) is 34.8 Å². The van der Waals surface area contributed by atoms with Gasteiger partial charge in [0.1, 0.15) is 0 Å². The third kappa shape index (κ3) is 2.31. The number of benzene rings is 1. The highest BCUT2D eigenvalue weighted by molar-refractivity contribution is 9.11. The SMILES string of the molecule is CCc1sc(Br)nc1-c1cc(Cl)ccc1C. The zero-order valence-corrected chi connectivity index (χ0v) is 12.2. The lowest BCUT2D eigenvalue weighted by atomic mass is 10.0. The quantitative estimate of drug-likeness (QED) is 0.751. The topological polar surface area (TPSA) is 12.9 Å². The van der Waals surface area contributed by atoms with Gasteiger partial charge in [0.05, 0.1) is 5.69 Å². The molecule has 16 heavy (non-hydrogen) atoms. The first-order valence-electron chi connectivity index (χ1n) is 5.03. The predicted octanol–water partition coefficient (Wildman–Crippen LogP) is 5.10. The first-order chi connectivity index (χ1) is 7.61. The Labute approximate surface area is 113 Å². The lowest BCUT2D eigenvalue weighted by Gasteiger charge is -2.05. The van der Waals surface area contributed by atoms with Crippen LogP contribution in [-0.2, 0) is 6.42 Å². The van der Waals surface area contributed by atoms with Crippen molar-refractivity contribution in [2.45, 2.75) is 20.3 Å². The van der Waals surface area contributed by atoms with Gasteiger partial charge in [-0.05, 0) is 47.0 Å². The molecule has 0 saturated heterocycles. The minimum Gasteiger partial charge on any atom is -0.229 e. The standard InChI is InChI=1S/C12H11BrClNS/c1-3-10-11(15-12(13)16-10)9-6-8(14)5-4-7(9)2/h4-6H,3H2,1-2H3. The van der Waals surface area contributed by atoms with Crippen molar-refractivity contribution in [3.05, 3.63) is 37.6 Å². The van der Waals surface area contributed by atoms with Crippen LogP contribution in [-0.4, -0.2) is 4.98 Å². The number of aryl methyl sites for hydroxylation is 2. The highest BCUT2D eigenvalue weighted by Gasteiger charge is 2.12. The lowest BCUT2D eigenvalue weighted by Crippen LogP contribution is -1.87. The zero-order chi connectivity index (χ0) is 11.7. The largest absolute Gasteiger partial charge is 0.229 e. The second-order valence-corrected chi connectivity index (χ2v) is 6.35. The Hall–Kier alpha value is -0.380. The molecule has 0 unspecified atom stereocenters. The normalized spacial score (nSPS) is 10.8. The summed E-state index contributed by atoms with van der Waals surface area (Å²) in [7, 11) is 0. The van der Waals surface area contributed by atoms with Crippen LogP contribution in [0.1, 0.15) is 17.4 Å². The third-order valence-electron chi connectivity index (χ3n) is 2.45. The molecule has 0 spiro atoms. The number of rotatable bonds is 2. The van der Waals surface area contributed by atoms with Crippen molar-refractivity contribution in [3.8, 4) is 11.3 Å². The van der Waals surface area contributed by atoms with Gasteiger partial charge in [-0.2, -0.15) is 0 Å². The predicted molar refractivity (Wildman–Crippen MR) is 74.4 cm³/mol. The summed E-state index contributed by atoms with van der Waals surface area (Å²) in [4.78, 5) is 5.82. The van der Waals surface area contributed by atoms with E-state index in [-0.39, 0.29) is 0 Å². The molecule has 0 aliphatic rings. The van der Waals surface area contributed by atoms with Gasteiger partial charge in [0.25, 0.3) is 0 Å². The highest BCUT2D eigenvalue weighted by Crippen LogP contribution is 2.34. The zero-order valence-electron chi connectivity index (χ0n) is 9.05. The maximum atomic E-state index is 6.03. The molecule has 1 heterocycles. The average Bonchev–Trinajstić information content (AvgIpc) is 2.63. The van der Waals surface area contributed by atoms with Crippen molar-refractivity contribution in [1.82, 2.24) is 4.98 Å². The number of thiazole rings is 1. The minimum atomic E-state index is 0.756. The Kier molecular flexibility index (Phi) is 3.67. The number of hydrogen-bond donors (Lipinski definition) is 0. The second kappa shape index (κ2) is 4.86. The fourth-order valence-electron chi connectivity index (χ4n) is 1.62. The molecule has 1 aromatic heterocycles. The number of hydrogen-bond acceptors (Lipinski definition) is 2. The maximum Gasteiger partial charge on any atom is 0.160 e. The molecule has 0 bridgehead atoms. The molecule has 1 nitrogen and oxygen atoms in total. The molecule has 2 aromatic rings. The Bertz CT molecular complexity index is 522. The van der Waals surface area contributed by atoms with Crippen LogP contribution in [0.4, 0.5) is 0 Å². The van der Waals surface area contributed by atoms with E-state index in [0.29, 0.717) is 0 Å². The monoisotopic (exact) mass is 315 g/mol. The van der Waals surface area contributed by atoms with Crippen LogP contribution in [0.2, 0.25) is 5.02 Å². The van der Waals surface area contributed by atoms with Gasteiger partial charge >= 0.3 is 0 Å². The first-order valence-corrected chi connectivity index (χ1v) is 7.02. The van der Waals surface area contributed by atoms with Gasteiger partial charge in [-0.25, -0.2) is 4.98 Å². The van der Waals surface area contributed by atoms with Crippen molar-refractivity contribution < 1.29 is 0 Å². The van der Waals surface area contributed by atoms with E-state index in [1.807, 2.05) is 18.2 Å². The Balaban J connectivity index is 2.61. The van der Waals surface area contributed by atoms with E-state index in [1.54, 1.807) is 11.3 Å². The van der Waals surface area contributed by atoms with Gasteiger partial charge in [-0.15, -0.1) is 11.3 Å². The van der Waals surface area contributed by atoms with Crippen molar-refractivity contribution in [1.29, 1.82) is 0 Å². The van der Waals surface area contributed by atoms with Crippen molar-refractivity contribution >= 4 is 38.9 Å². The van der Waals surface area contributed by atoms with Crippen LogP contribution in [0.3, 0.4) is 0 Å². The van der Waals surface area contributed by atoms with Crippen LogP contribution < -0.4 is 0 Å². The van der Waals surface area contributed by atoms with E-state index < -0.39 is 0 Å². The third-order valence-corrected chi connectivity index (χ3v) is 4.33. The molecular formula is C12H11BrClNS. The summed E-state index contributed by atoms with van der Waals surface area (Å²) in [6.45, 7) is 4.22. The molecule has 84 valence electrons. The molecule has 0 saturated carbocycles. The molecular weight excluding hydrogens is 306 g/mol. The average molecular weight is 317 g/mol. The van der Waals surface area contributed by atoms with Gasteiger partial charge in [-0.3, -0.25) is 0 Å². The van der Waals surface area contributed by atoms with E-state index in [4.69, 9.17) is 11.6 Å². The molecule has 4 heteroatoms. The summed E-state index contributed by atoms with van der Waals surface area (Å²) in [5.74, 6) is 0. The smallest absolute Gasteiger partial charge is 0.160 e. The van der Waals surface area contributed by atoms with Crippen LogP contribution in [0.25, 0.3) is 11.3 Å². The Morgan fingerprint density at radius 3 is 2.88 bits per heavy atom. The van der Waals surface area contributed by atoms with Crippen LogP contribution in [0.15, 0.2) is 22.1 Å². The van der Waals surface area contributed by atoms with E-state index in [0.717, 1.165) is 26.6 Å². The maximum absolute atomic E-state index is 6.03. The lowest BCUT2D eigenvalue weighted by molar-refractivity contribution is 1.16. The summed E-state index contributed by atoms with van der Waals surface area (Å²) in [6.07, 6.45) is 0.991. The second-order valence-electron chi connectivity index (χ2n) is 3.55. The molecule has 1 aromatic carbocycles. The van der Waals surface area contributed by atoms with E-state index >= 15 is 0 Å². The summed E-state index contributed by atoms with van der Waals surface area (Å²) >= 11 is 11.2. The number of aromatic nitrogens is 1. The molecule has 0 radical (unpaired) electrons. The molecule has 0 aliphatic heterocycles. The Morgan fingerprint density at radius 2 is 2.19 bits per heavy atom. The summed E-state index contributed by atoms with van der Waals surface area (Å²) in [6, 6.07) is 5.93. The van der Waals surface area contributed by atoms with Crippen molar-refractivity contribution in [3.63, 3.8) is 0 Å². The molecule has 0 atom stereocenters. The van der Waals surface area contributed by atoms with Crippen molar-refractivity contribution in [2.24, 2.45) is 0 Å². The Morgan fingerprint density at radius 1 is 1.44 bits per heavy atom. The van der Waals surface area contributed by atoms with Crippen LogP contribution in [0.5, 0.6) is 0 Å². The summed E-state index contributed by atoms with van der Waals surface area (Å²) < 4.78 is 0.929. The minimum absolute atomic E-state index is 0.756. The number of nitrogens with zero attached hydrogens (tertiary/aromatic N) is 1.